The van der Waals surface area contributed by atoms with Gasteiger partial charge in [-0.25, -0.2) is 9.97 Å². The van der Waals surface area contributed by atoms with E-state index in [0.717, 1.165) is 24.1 Å². The molecule has 1 saturated carbocycles. The summed E-state index contributed by atoms with van der Waals surface area (Å²) >= 11 is 3.45. The van der Waals surface area contributed by atoms with Crippen LogP contribution in [-0.2, 0) is 15.8 Å². The Morgan fingerprint density at radius 3 is 2.79 bits per heavy atom. The number of imidazole rings is 1. The summed E-state index contributed by atoms with van der Waals surface area (Å²) in [5.41, 5.74) is 8.08. The Kier molecular flexibility index (Phi) is 3.92. The highest BCUT2D eigenvalue weighted by atomic mass is 79.9. The lowest BCUT2D eigenvalue weighted by molar-refractivity contribution is 0.0639. The van der Waals surface area contributed by atoms with Crippen molar-refractivity contribution in [1.29, 1.82) is 0 Å². The third-order valence-corrected chi connectivity index (χ3v) is 6.43. The van der Waals surface area contributed by atoms with Crippen LogP contribution in [0, 0.1) is 0 Å². The van der Waals surface area contributed by atoms with Gasteiger partial charge in [-0.2, -0.15) is 4.98 Å². The van der Waals surface area contributed by atoms with Crippen LogP contribution in [0.5, 0.6) is 0 Å². The number of nitrogens with two attached hydrogens (primary N) is 1. The SMILES string of the molecule is Nc1nc(C2CC2)c2ncn(C[C@H]3O[C@@H](P(=O)(O)O)C[C@H]3Br)c2n1. The molecule has 4 rings (SSSR count). The molecule has 0 unspecified atom stereocenters. The molecule has 0 bridgehead atoms. The Hall–Kier alpha value is -1.06. The maximum atomic E-state index is 11.4. The number of nitrogens with zero attached hydrogens (tertiary/aromatic N) is 4. The highest BCUT2D eigenvalue weighted by molar-refractivity contribution is 9.09. The van der Waals surface area contributed by atoms with Crippen LogP contribution in [0.3, 0.4) is 0 Å². The number of fused-ring (bicyclic) bond motifs is 1. The zero-order chi connectivity index (χ0) is 17.1. The summed E-state index contributed by atoms with van der Waals surface area (Å²) in [5.74, 6) is -0.475. The van der Waals surface area contributed by atoms with Crippen LogP contribution < -0.4 is 5.73 Å². The summed E-state index contributed by atoms with van der Waals surface area (Å²) in [4.78, 5) is 31.5. The predicted octanol–water partition coefficient (Wildman–Crippen LogP) is 1.34. The van der Waals surface area contributed by atoms with Crippen LogP contribution in [0.1, 0.15) is 30.9 Å². The van der Waals surface area contributed by atoms with Crippen LogP contribution in [0.2, 0.25) is 0 Å². The van der Waals surface area contributed by atoms with Gasteiger partial charge in [-0.05, 0) is 12.8 Å². The molecule has 1 aliphatic heterocycles. The summed E-state index contributed by atoms with van der Waals surface area (Å²) in [5, 5.41) is 0. The molecular formula is C13H17BrN5O4P. The van der Waals surface area contributed by atoms with E-state index in [-0.39, 0.29) is 23.3 Å². The molecule has 2 aliphatic rings. The first kappa shape index (κ1) is 16.4. The van der Waals surface area contributed by atoms with Crippen LogP contribution >= 0.6 is 23.5 Å². The summed E-state index contributed by atoms with van der Waals surface area (Å²) in [6.07, 6.45) is 3.68. The van der Waals surface area contributed by atoms with Gasteiger partial charge in [-0.1, -0.05) is 15.9 Å². The number of nitrogen functional groups attached to an aromatic ring is 1. The fourth-order valence-corrected chi connectivity index (χ4v) is 4.75. The van der Waals surface area contributed by atoms with E-state index in [1.54, 1.807) is 10.9 Å². The summed E-state index contributed by atoms with van der Waals surface area (Å²) in [7, 11) is -4.27. The lowest BCUT2D eigenvalue weighted by Gasteiger charge is -2.16. The minimum atomic E-state index is -4.27. The second kappa shape index (κ2) is 5.74. The molecule has 4 N–H and O–H groups in total. The van der Waals surface area contributed by atoms with Gasteiger partial charge in [0.1, 0.15) is 5.52 Å². The number of hydrogen-bond acceptors (Lipinski definition) is 6. The smallest absolute Gasteiger partial charge is 0.354 e. The quantitative estimate of drug-likeness (QED) is 0.500. The van der Waals surface area contributed by atoms with E-state index in [1.165, 1.54) is 0 Å². The van der Waals surface area contributed by atoms with Gasteiger partial charge in [0.05, 0.1) is 24.7 Å². The normalized spacial score (nSPS) is 27.9. The summed E-state index contributed by atoms with van der Waals surface area (Å²) < 4.78 is 18.8. The molecule has 2 aromatic rings. The van der Waals surface area contributed by atoms with E-state index in [4.69, 9.17) is 10.5 Å². The van der Waals surface area contributed by atoms with E-state index in [1.807, 2.05) is 0 Å². The van der Waals surface area contributed by atoms with Gasteiger partial charge in [0.2, 0.25) is 5.95 Å². The molecule has 2 fully saturated rings. The average Bonchev–Trinajstić information content (AvgIpc) is 3.17. The highest BCUT2D eigenvalue weighted by Crippen LogP contribution is 2.49. The lowest BCUT2D eigenvalue weighted by atomic mass is 10.2. The highest BCUT2D eigenvalue weighted by Gasteiger charge is 2.43. The van der Waals surface area contributed by atoms with E-state index in [9.17, 15) is 14.4 Å². The van der Waals surface area contributed by atoms with Gasteiger partial charge in [0.25, 0.3) is 0 Å². The van der Waals surface area contributed by atoms with Gasteiger partial charge in [-0.3, -0.25) is 4.57 Å². The topological polar surface area (TPSA) is 136 Å². The Morgan fingerprint density at radius 1 is 1.42 bits per heavy atom. The molecule has 0 aromatic carbocycles. The van der Waals surface area contributed by atoms with Gasteiger partial charge in [-0.15, -0.1) is 0 Å². The molecule has 9 nitrogen and oxygen atoms in total. The Bertz CT molecular complexity index is 835. The Balaban J connectivity index is 1.62. The zero-order valence-electron chi connectivity index (χ0n) is 12.6. The molecule has 24 heavy (non-hydrogen) atoms. The van der Waals surface area contributed by atoms with Gasteiger partial charge in [0.15, 0.2) is 11.5 Å². The Labute approximate surface area is 145 Å². The van der Waals surface area contributed by atoms with Crippen molar-refractivity contribution < 1.29 is 19.1 Å². The number of hydrogen-bond donors (Lipinski definition) is 3. The lowest BCUT2D eigenvalue weighted by Crippen LogP contribution is -2.23. The average molecular weight is 418 g/mol. The molecule has 2 aromatic heterocycles. The predicted molar refractivity (Wildman–Crippen MR) is 89.7 cm³/mol. The largest absolute Gasteiger partial charge is 0.368 e. The molecule has 0 amide bonds. The first-order valence-corrected chi connectivity index (χ1v) is 10.3. The molecule has 0 radical (unpaired) electrons. The van der Waals surface area contributed by atoms with Crippen molar-refractivity contribution in [2.45, 2.75) is 48.5 Å². The molecule has 3 heterocycles. The molecule has 11 heteroatoms. The maximum absolute atomic E-state index is 11.4. The van der Waals surface area contributed by atoms with Gasteiger partial charge >= 0.3 is 7.60 Å². The fraction of sp³-hybridized carbons (Fsp3) is 0.615. The standard InChI is InChI=1S/C13H17BrN5O4P/c14-7-3-9(24(20,21)22)23-8(7)4-19-5-16-11-10(6-1-2-6)17-13(15)18-12(11)19/h5-9H,1-4H2,(H2,15,17,18)(H2,20,21,22)/t7-,8-,9+/m1/s1. The number of ether oxygens (including phenoxy) is 1. The van der Waals surface area contributed by atoms with E-state index in [2.05, 4.69) is 30.9 Å². The van der Waals surface area contributed by atoms with E-state index < -0.39 is 13.4 Å². The molecule has 0 spiro atoms. The minimum absolute atomic E-state index is 0.158. The van der Waals surface area contributed by atoms with Crippen molar-refractivity contribution >= 4 is 40.6 Å². The number of alkyl halides is 1. The summed E-state index contributed by atoms with van der Waals surface area (Å²) in [6, 6.07) is 0. The molecule has 3 atom stereocenters. The van der Waals surface area contributed by atoms with Gasteiger partial charge < -0.3 is 24.8 Å². The number of aromatic nitrogens is 4. The fourth-order valence-electron chi connectivity index (χ4n) is 3.01. The first-order valence-electron chi connectivity index (χ1n) is 7.66. The van der Waals surface area contributed by atoms with Crippen LogP contribution in [0.25, 0.3) is 11.2 Å². The maximum Gasteiger partial charge on any atom is 0.354 e. The second-order valence-electron chi connectivity index (χ2n) is 6.28. The van der Waals surface area contributed by atoms with Crippen molar-refractivity contribution in [2.24, 2.45) is 0 Å². The molecular weight excluding hydrogens is 401 g/mol. The van der Waals surface area contributed by atoms with Crippen molar-refractivity contribution in [3.05, 3.63) is 12.0 Å². The van der Waals surface area contributed by atoms with Crippen LogP contribution in [0.15, 0.2) is 6.33 Å². The van der Waals surface area contributed by atoms with Crippen molar-refractivity contribution in [3.63, 3.8) is 0 Å². The van der Waals surface area contributed by atoms with Crippen LogP contribution in [0.4, 0.5) is 5.95 Å². The summed E-state index contributed by atoms with van der Waals surface area (Å²) in [6.45, 7) is 0.378. The Morgan fingerprint density at radius 2 is 2.17 bits per heavy atom. The third kappa shape index (κ3) is 2.97. The minimum Gasteiger partial charge on any atom is -0.368 e. The first-order chi connectivity index (χ1) is 11.3. The number of halogens is 1. The van der Waals surface area contributed by atoms with Crippen LogP contribution in [-0.4, -0.2) is 46.1 Å². The monoisotopic (exact) mass is 417 g/mol. The van der Waals surface area contributed by atoms with E-state index >= 15 is 0 Å². The second-order valence-corrected chi connectivity index (χ2v) is 9.21. The van der Waals surface area contributed by atoms with Crippen molar-refractivity contribution in [2.75, 3.05) is 5.73 Å². The molecule has 1 aliphatic carbocycles. The van der Waals surface area contributed by atoms with Crippen molar-refractivity contribution in [1.82, 2.24) is 19.5 Å². The third-order valence-electron chi connectivity index (χ3n) is 4.39. The zero-order valence-corrected chi connectivity index (χ0v) is 15.1. The number of rotatable bonds is 4. The molecule has 130 valence electrons. The molecule has 1 saturated heterocycles. The van der Waals surface area contributed by atoms with Gasteiger partial charge in [0, 0.05) is 17.2 Å². The van der Waals surface area contributed by atoms with Crippen molar-refractivity contribution in [3.8, 4) is 0 Å². The number of anilines is 1. The van der Waals surface area contributed by atoms with E-state index in [0.29, 0.717) is 18.1 Å².